The molecular formula is C20H27N3O3. The number of rotatable bonds is 5. The number of benzene rings is 1. The molecule has 0 radical (unpaired) electrons. The summed E-state index contributed by atoms with van der Waals surface area (Å²) in [4.78, 5) is 41.5. The number of hydrogen-bond acceptors (Lipinski definition) is 3. The Bertz CT molecular complexity index is 670. The average molecular weight is 357 g/mol. The monoisotopic (exact) mass is 357 g/mol. The molecule has 6 nitrogen and oxygen atoms in total. The van der Waals surface area contributed by atoms with Crippen molar-refractivity contribution in [2.75, 3.05) is 26.2 Å². The van der Waals surface area contributed by atoms with Crippen LogP contribution in [0.2, 0.25) is 0 Å². The van der Waals surface area contributed by atoms with E-state index >= 15 is 0 Å². The third-order valence-corrected chi connectivity index (χ3v) is 4.89. The predicted molar refractivity (Wildman–Crippen MR) is 98.4 cm³/mol. The average Bonchev–Trinajstić information content (AvgIpc) is 3.50. The summed E-state index contributed by atoms with van der Waals surface area (Å²) in [5, 5.41) is 2.92. The summed E-state index contributed by atoms with van der Waals surface area (Å²) >= 11 is 0. The van der Waals surface area contributed by atoms with Crippen LogP contribution in [-0.2, 0) is 9.59 Å². The Labute approximate surface area is 154 Å². The summed E-state index contributed by atoms with van der Waals surface area (Å²) in [6.07, 6.45) is 1.87. The van der Waals surface area contributed by atoms with Crippen molar-refractivity contribution in [2.24, 2.45) is 11.8 Å². The van der Waals surface area contributed by atoms with Gasteiger partial charge in [0, 0.05) is 31.1 Å². The molecule has 2 aliphatic rings. The van der Waals surface area contributed by atoms with Gasteiger partial charge in [0.2, 0.25) is 11.8 Å². The maximum Gasteiger partial charge on any atom is 0.254 e. The lowest BCUT2D eigenvalue weighted by Crippen LogP contribution is -2.62. The molecule has 6 heteroatoms. The first-order valence-corrected chi connectivity index (χ1v) is 9.40. The van der Waals surface area contributed by atoms with Gasteiger partial charge in [-0.05, 0) is 30.9 Å². The van der Waals surface area contributed by atoms with E-state index in [1.165, 1.54) is 0 Å². The predicted octanol–water partition coefficient (Wildman–Crippen LogP) is 1.52. The zero-order valence-electron chi connectivity index (χ0n) is 15.5. The molecule has 1 unspecified atom stereocenters. The zero-order valence-corrected chi connectivity index (χ0v) is 15.5. The van der Waals surface area contributed by atoms with Gasteiger partial charge in [0.05, 0.1) is 6.54 Å². The van der Waals surface area contributed by atoms with Gasteiger partial charge >= 0.3 is 0 Å². The first-order valence-electron chi connectivity index (χ1n) is 9.40. The summed E-state index contributed by atoms with van der Waals surface area (Å²) in [5.74, 6) is 0.222. The van der Waals surface area contributed by atoms with Crippen molar-refractivity contribution >= 4 is 17.7 Å². The van der Waals surface area contributed by atoms with E-state index in [-0.39, 0.29) is 30.2 Å². The van der Waals surface area contributed by atoms with Crippen LogP contribution < -0.4 is 5.32 Å². The van der Waals surface area contributed by atoms with Crippen LogP contribution in [-0.4, -0.2) is 59.7 Å². The number of amides is 3. The van der Waals surface area contributed by atoms with Gasteiger partial charge in [-0.2, -0.15) is 0 Å². The molecule has 1 aliphatic carbocycles. The van der Waals surface area contributed by atoms with E-state index in [1.54, 1.807) is 21.9 Å². The Morgan fingerprint density at radius 1 is 1.12 bits per heavy atom. The summed E-state index contributed by atoms with van der Waals surface area (Å²) < 4.78 is 0. The van der Waals surface area contributed by atoms with Gasteiger partial charge < -0.3 is 15.1 Å². The van der Waals surface area contributed by atoms with Crippen molar-refractivity contribution in [2.45, 2.75) is 32.7 Å². The van der Waals surface area contributed by atoms with E-state index in [2.05, 4.69) is 5.32 Å². The van der Waals surface area contributed by atoms with Crippen LogP contribution in [0.1, 0.15) is 37.0 Å². The zero-order chi connectivity index (χ0) is 18.7. The number of nitrogens with zero attached hydrogens (tertiary/aromatic N) is 2. The number of carbonyl (C=O) groups is 3. The van der Waals surface area contributed by atoms with Crippen LogP contribution >= 0.6 is 0 Å². The maximum absolute atomic E-state index is 12.9. The van der Waals surface area contributed by atoms with Crippen LogP contribution in [0.25, 0.3) is 0 Å². The van der Waals surface area contributed by atoms with Crippen LogP contribution in [0.3, 0.4) is 0 Å². The molecule has 1 heterocycles. The molecule has 0 aromatic heterocycles. The Morgan fingerprint density at radius 3 is 2.42 bits per heavy atom. The Balaban J connectivity index is 1.76. The van der Waals surface area contributed by atoms with Crippen molar-refractivity contribution in [3.05, 3.63) is 35.9 Å². The molecule has 3 amide bonds. The normalized spacial score (nSPS) is 20.2. The first kappa shape index (κ1) is 18.4. The van der Waals surface area contributed by atoms with E-state index < -0.39 is 6.04 Å². The minimum absolute atomic E-state index is 0.116. The van der Waals surface area contributed by atoms with Gasteiger partial charge in [-0.15, -0.1) is 0 Å². The van der Waals surface area contributed by atoms with Gasteiger partial charge in [0.25, 0.3) is 5.91 Å². The van der Waals surface area contributed by atoms with Crippen molar-refractivity contribution < 1.29 is 14.4 Å². The third kappa shape index (κ3) is 4.23. The Kier molecular flexibility index (Phi) is 5.59. The minimum Gasteiger partial charge on any atom is -0.354 e. The number of carbonyl (C=O) groups excluding carboxylic acids is 3. The maximum atomic E-state index is 12.9. The molecule has 0 bridgehead atoms. The Morgan fingerprint density at radius 2 is 1.81 bits per heavy atom. The molecule has 2 fully saturated rings. The fourth-order valence-corrected chi connectivity index (χ4v) is 3.21. The van der Waals surface area contributed by atoms with E-state index in [9.17, 15) is 14.4 Å². The molecule has 1 aliphatic heterocycles. The van der Waals surface area contributed by atoms with Crippen LogP contribution in [0.5, 0.6) is 0 Å². The lowest BCUT2D eigenvalue weighted by Gasteiger charge is -2.40. The van der Waals surface area contributed by atoms with E-state index in [1.807, 2.05) is 32.0 Å². The lowest BCUT2D eigenvalue weighted by molar-refractivity contribution is -0.138. The third-order valence-electron chi connectivity index (χ3n) is 4.89. The van der Waals surface area contributed by atoms with Crippen molar-refractivity contribution in [1.82, 2.24) is 15.1 Å². The SMILES string of the molecule is CC(C)CNC(=O)C1CN(C(=O)C2CC2)CCN1C(=O)c1ccccc1. The van der Waals surface area contributed by atoms with E-state index in [4.69, 9.17) is 0 Å². The quantitative estimate of drug-likeness (QED) is 0.869. The van der Waals surface area contributed by atoms with Crippen LogP contribution in [0, 0.1) is 11.8 Å². The summed E-state index contributed by atoms with van der Waals surface area (Å²) in [5.41, 5.74) is 0.566. The molecule has 140 valence electrons. The van der Waals surface area contributed by atoms with Crippen molar-refractivity contribution in [3.63, 3.8) is 0 Å². The fourth-order valence-electron chi connectivity index (χ4n) is 3.21. The highest BCUT2D eigenvalue weighted by Crippen LogP contribution is 2.31. The second kappa shape index (κ2) is 7.89. The highest BCUT2D eigenvalue weighted by Gasteiger charge is 2.41. The fraction of sp³-hybridized carbons (Fsp3) is 0.550. The lowest BCUT2D eigenvalue weighted by atomic mass is 10.1. The first-order chi connectivity index (χ1) is 12.5. The molecule has 1 atom stereocenters. The molecule has 1 aromatic carbocycles. The molecule has 26 heavy (non-hydrogen) atoms. The van der Waals surface area contributed by atoms with Crippen LogP contribution in [0.4, 0.5) is 0 Å². The minimum atomic E-state index is -0.641. The highest BCUT2D eigenvalue weighted by atomic mass is 16.2. The number of nitrogens with one attached hydrogen (secondary N) is 1. The van der Waals surface area contributed by atoms with E-state index in [0.717, 1.165) is 12.8 Å². The molecule has 0 spiro atoms. The summed E-state index contributed by atoms with van der Waals surface area (Å²) in [6.45, 7) is 5.75. The van der Waals surface area contributed by atoms with Crippen LogP contribution in [0.15, 0.2) is 30.3 Å². The van der Waals surface area contributed by atoms with Gasteiger partial charge in [-0.1, -0.05) is 32.0 Å². The number of hydrogen-bond donors (Lipinski definition) is 1. The summed E-state index contributed by atoms with van der Waals surface area (Å²) in [6, 6.07) is 8.36. The molecular weight excluding hydrogens is 330 g/mol. The van der Waals surface area contributed by atoms with Gasteiger partial charge in [-0.3, -0.25) is 14.4 Å². The molecule has 1 N–H and O–H groups in total. The van der Waals surface area contributed by atoms with Gasteiger partial charge in [0.1, 0.15) is 6.04 Å². The van der Waals surface area contributed by atoms with Crippen molar-refractivity contribution in [3.8, 4) is 0 Å². The van der Waals surface area contributed by atoms with Gasteiger partial charge in [-0.25, -0.2) is 0 Å². The van der Waals surface area contributed by atoms with Crippen molar-refractivity contribution in [1.29, 1.82) is 0 Å². The summed E-state index contributed by atoms with van der Waals surface area (Å²) in [7, 11) is 0. The molecule has 3 rings (SSSR count). The number of piperazine rings is 1. The van der Waals surface area contributed by atoms with E-state index in [0.29, 0.717) is 31.1 Å². The smallest absolute Gasteiger partial charge is 0.254 e. The second-order valence-electron chi connectivity index (χ2n) is 7.58. The molecule has 1 saturated carbocycles. The Hall–Kier alpha value is -2.37. The standard InChI is InChI=1S/C20H27N3O3/c1-14(2)12-21-18(24)17-13-22(19(25)16-8-9-16)10-11-23(17)20(26)15-6-4-3-5-7-15/h3-7,14,16-17H,8-13H2,1-2H3,(H,21,24). The largest absolute Gasteiger partial charge is 0.354 e. The van der Waals surface area contributed by atoms with Gasteiger partial charge in [0.15, 0.2) is 0 Å². The second-order valence-corrected chi connectivity index (χ2v) is 7.58. The molecule has 1 saturated heterocycles. The highest BCUT2D eigenvalue weighted by molar-refractivity contribution is 5.98. The topological polar surface area (TPSA) is 69.7 Å². The molecule has 1 aromatic rings.